The van der Waals surface area contributed by atoms with Gasteiger partial charge in [0.1, 0.15) is 0 Å². The van der Waals surface area contributed by atoms with Gasteiger partial charge in [0, 0.05) is 0 Å². The summed E-state index contributed by atoms with van der Waals surface area (Å²) in [5, 5.41) is 2.90. The normalized spacial score (nSPS) is 40.7. The Bertz CT molecular complexity index is 312. The van der Waals surface area contributed by atoms with Crippen molar-refractivity contribution in [1.82, 2.24) is 5.32 Å². The molecule has 0 spiro atoms. The van der Waals surface area contributed by atoms with Crippen LogP contribution in [0.2, 0.25) is 0 Å². The smallest absolute Gasteiger partial charge is 0.229 e. The molecule has 1 saturated heterocycles. The maximum atomic E-state index is 11.2. The van der Waals surface area contributed by atoms with Crippen LogP contribution in [-0.4, -0.2) is 11.9 Å². The van der Waals surface area contributed by atoms with Gasteiger partial charge in [0.25, 0.3) is 0 Å². The molecular weight excluding hydrogens is 162 g/mol. The molecule has 0 aromatic rings. The highest BCUT2D eigenvalue weighted by Crippen LogP contribution is 2.24. The fourth-order valence-electron chi connectivity index (χ4n) is 1.70. The van der Waals surface area contributed by atoms with Gasteiger partial charge in [0.15, 0.2) is 0 Å². The molecular formula is C11H13NO. The summed E-state index contributed by atoms with van der Waals surface area (Å²) < 4.78 is 0. The molecule has 2 unspecified atom stereocenters. The maximum Gasteiger partial charge on any atom is 0.229 e. The SMILES string of the molecule is C/C1=C/C=C\C/C=C\C2C(=O)NC12. The van der Waals surface area contributed by atoms with Crippen molar-refractivity contribution in [1.29, 1.82) is 0 Å². The summed E-state index contributed by atoms with van der Waals surface area (Å²) in [5.74, 6) is 0.215. The summed E-state index contributed by atoms with van der Waals surface area (Å²) in [7, 11) is 0. The predicted molar refractivity (Wildman–Crippen MR) is 52.1 cm³/mol. The molecule has 0 bridgehead atoms. The van der Waals surface area contributed by atoms with Crippen molar-refractivity contribution in [2.24, 2.45) is 5.92 Å². The molecule has 2 rings (SSSR count). The standard InChI is InChI=1S/C11H13NO/c1-8-6-4-2-3-5-7-9-10(8)12-11(9)13/h2,4-7,9-10H,3H2,1H3,(H,12,13)/b4-2-,7-5-,8-6-. The first-order chi connectivity index (χ1) is 6.29. The van der Waals surface area contributed by atoms with E-state index >= 15 is 0 Å². The van der Waals surface area contributed by atoms with Crippen LogP contribution in [0.5, 0.6) is 0 Å². The van der Waals surface area contributed by atoms with Gasteiger partial charge >= 0.3 is 0 Å². The molecule has 2 aliphatic rings. The molecule has 2 nitrogen and oxygen atoms in total. The lowest BCUT2D eigenvalue weighted by atomic mass is 9.85. The Morgan fingerprint density at radius 3 is 3.08 bits per heavy atom. The molecule has 1 heterocycles. The average molecular weight is 175 g/mol. The summed E-state index contributed by atoms with van der Waals surface area (Å²) in [5.41, 5.74) is 1.23. The van der Waals surface area contributed by atoms with Crippen molar-refractivity contribution in [3.8, 4) is 0 Å². The van der Waals surface area contributed by atoms with Crippen molar-refractivity contribution < 1.29 is 4.79 Å². The van der Waals surface area contributed by atoms with Crippen molar-refractivity contribution in [3.63, 3.8) is 0 Å². The van der Waals surface area contributed by atoms with Gasteiger partial charge in [-0.2, -0.15) is 0 Å². The second-order valence-electron chi connectivity index (χ2n) is 3.51. The Morgan fingerprint density at radius 1 is 1.46 bits per heavy atom. The van der Waals surface area contributed by atoms with Gasteiger partial charge in [-0.15, -0.1) is 0 Å². The molecule has 1 fully saturated rings. The van der Waals surface area contributed by atoms with Gasteiger partial charge in [-0.05, 0) is 13.3 Å². The van der Waals surface area contributed by atoms with E-state index in [1.165, 1.54) is 5.57 Å². The Balaban J connectivity index is 2.24. The Hall–Kier alpha value is -1.31. The van der Waals surface area contributed by atoms with E-state index in [9.17, 15) is 4.79 Å². The summed E-state index contributed by atoms with van der Waals surface area (Å²) in [6.45, 7) is 2.06. The number of hydrogen-bond donors (Lipinski definition) is 1. The van der Waals surface area contributed by atoms with Crippen LogP contribution in [-0.2, 0) is 4.79 Å². The van der Waals surface area contributed by atoms with Crippen LogP contribution in [0.4, 0.5) is 0 Å². The fraction of sp³-hybridized carbons (Fsp3) is 0.364. The molecule has 1 aliphatic heterocycles. The number of fused-ring (bicyclic) bond motifs is 1. The van der Waals surface area contributed by atoms with Crippen LogP contribution in [0.1, 0.15) is 13.3 Å². The summed E-state index contributed by atoms with van der Waals surface area (Å²) in [6, 6.07) is 0.228. The number of carbonyl (C=O) groups excluding carboxylic acids is 1. The van der Waals surface area contributed by atoms with Crippen LogP contribution >= 0.6 is 0 Å². The lowest BCUT2D eigenvalue weighted by molar-refractivity contribution is -0.131. The van der Waals surface area contributed by atoms with E-state index in [0.717, 1.165) is 6.42 Å². The van der Waals surface area contributed by atoms with Gasteiger partial charge in [0.2, 0.25) is 5.91 Å². The minimum atomic E-state index is 0.0659. The molecule has 1 aliphatic carbocycles. The van der Waals surface area contributed by atoms with E-state index in [1.807, 2.05) is 12.2 Å². The zero-order valence-corrected chi connectivity index (χ0v) is 7.66. The number of amides is 1. The summed E-state index contributed by atoms with van der Waals surface area (Å²) >= 11 is 0. The van der Waals surface area contributed by atoms with Gasteiger partial charge in [-0.25, -0.2) is 0 Å². The van der Waals surface area contributed by atoms with Crippen LogP contribution in [0.25, 0.3) is 0 Å². The Kier molecular flexibility index (Phi) is 2.05. The number of nitrogens with one attached hydrogen (secondary N) is 1. The van der Waals surface area contributed by atoms with E-state index in [4.69, 9.17) is 0 Å². The molecule has 0 aromatic heterocycles. The molecule has 1 N–H and O–H groups in total. The molecule has 0 radical (unpaired) electrons. The van der Waals surface area contributed by atoms with Crippen LogP contribution in [0.15, 0.2) is 36.0 Å². The van der Waals surface area contributed by atoms with Gasteiger partial charge in [-0.3, -0.25) is 4.79 Å². The Labute approximate surface area is 78.0 Å². The third kappa shape index (κ3) is 1.44. The third-order valence-corrected chi connectivity index (χ3v) is 2.56. The summed E-state index contributed by atoms with van der Waals surface area (Å²) in [4.78, 5) is 11.2. The minimum Gasteiger partial charge on any atom is -0.348 e. The first-order valence-electron chi connectivity index (χ1n) is 4.59. The molecule has 0 aromatic carbocycles. The molecule has 13 heavy (non-hydrogen) atoms. The largest absolute Gasteiger partial charge is 0.348 e. The lowest BCUT2D eigenvalue weighted by Gasteiger charge is -2.35. The number of β-lactam (4-membered cyclic amide) rings is 1. The number of allylic oxidation sites excluding steroid dienone is 4. The quantitative estimate of drug-likeness (QED) is 0.439. The minimum absolute atomic E-state index is 0.0659. The molecule has 68 valence electrons. The Morgan fingerprint density at radius 2 is 2.31 bits per heavy atom. The highest BCUT2D eigenvalue weighted by Gasteiger charge is 2.37. The molecule has 2 atom stereocenters. The zero-order valence-electron chi connectivity index (χ0n) is 7.66. The van der Waals surface area contributed by atoms with Gasteiger partial charge in [0.05, 0.1) is 12.0 Å². The number of carbonyl (C=O) groups is 1. The molecule has 2 heteroatoms. The van der Waals surface area contributed by atoms with Crippen molar-refractivity contribution in [3.05, 3.63) is 36.0 Å². The zero-order chi connectivity index (χ0) is 9.26. The van der Waals surface area contributed by atoms with Crippen molar-refractivity contribution in [2.75, 3.05) is 0 Å². The van der Waals surface area contributed by atoms with Gasteiger partial charge < -0.3 is 5.32 Å². The van der Waals surface area contributed by atoms with Crippen molar-refractivity contribution in [2.45, 2.75) is 19.4 Å². The lowest BCUT2D eigenvalue weighted by Crippen LogP contribution is -2.57. The van der Waals surface area contributed by atoms with E-state index in [2.05, 4.69) is 30.5 Å². The van der Waals surface area contributed by atoms with E-state index in [0.29, 0.717) is 0 Å². The van der Waals surface area contributed by atoms with Gasteiger partial charge in [-0.1, -0.05) is 36.0 Å². The number of rotatable bonds is 0. The third-order valence-electron chi connectivity index (χ3n) is 2.56. The highest BCUT2D eigenvalue weighted by atomic mass is 16.2. The monoisotopic (exact) mass is 175 g/mol. The maximum absolute atomic E-state index is 11.2. The predicted octanol–water partition coefficient (Wildman–Crippen LogP) is 1.56. The van der Waals surface area contributed by atoms with Crippen molar-refractivity contribution >= 4 is 5.91 Å². The van der Waals surface area contributed by atoms with E-state index in [1.54, 1.807) is 0 Å². The first kappa shape index (κ1) is 8.30. The second-order valence-corrected chi connectivity index (χ2v) is 3.51. The van der Waals surface area contributed by atoms with Crippen LogP contribution in [0, 0.1) is 5.92 Å². The fourth-order valence-corrected chi connectivity index (χ4v) is 1.70. The van der Waals surface area contributed by atoms with E-state index in [-0.39, 0.29) is 17.9 Å². The molecule has 0 saturated carbocycles. The topological polar surface area (TPSA) is 29.1 Å². The number of hydrogen-bond acceptors (Lipinski definition) is 1. The summed E-state index contributed by atoms with van der Waals surface area (Å²) in [6.07, 6.45) is 11.2. The highest BCUT2D eigenvalue weighted by molar-refractivity contribution is 5.88. The second kappa shape index (κ2) is 3.21. The average Bonchev–Trinajstić information content (AvgIpc) is 2.17. The van der Waals surface area contributed by atoms with Crippen LogP contribution in [0.3, 0.4) is 0 Å². The molecule has 1 amide bonds. The first-order valence-corrected chi connectivity index (χ1v) is 4.59. The van der Waals surface area contributed by atoms with E-state index < -0.39 is 0 Å². The van der Waals surface area contributed by atoms with Crippen LogP contribution < -0.4 is 5.32 Å².